The van der Waals surface area contributed by atoms with Crippen LogP contribution in [0.5, 0.6) is 0 Å². The Bertz CT molecular complexity index is 834. The number of ether oxygens (including phenoxy) is 4. The van der Waals surface area contributed by atoms with E-state index in [0.29, 0.717) is 25.2 Å². The first-order valence-electron chi connectivity index (χ1n) is 10.2. The minimum Gasteiger partial charge on any atom is -0.462 e. The average molecular weight is 414 g/mol. The predicted octanol–water partition coefficient (Wildman–Crippen LogP) is 2.69. The van der Waals surface area contributed by atoms with E-state index in [1.165, 1.54) is 6.08 Å². The second-order valence-electron chi connectivity index (χ2n) is 8.90. The molecule has 2 saturated heterocycles. The van der Waals surface area contributed by atoms with Crippen LogP contribution in [0.1, 0.15) is 37.0 Å². The highest BCUT2D eigenvalue weighted by atomic mass is 16.7. The molecule has 0 amide bonds. The van der Waals surface area contributed by atoms with Gasteiger partial charge in [-0.3, -0.25) is 9.59 Å². The van der Waals surface area contributed by atoms with Gasteiger partial charge in [0.15, 0.2) is 0 Å². The number of rotatable bonds is 5. The lowest BCUT2D eigenvalue weighted by atomic mass is 9.91. The Hall–Kier alpha value is -2.51. The number of fused-ring (bicyclic) bond motifs is 1. The van der Waals surface area contributed by atoms with Crippen molar-refractivity contribution in [3.63, 3.8) is 0 Å². The van der Waals surface area contributed by atoms with Gasteiger partial charge in [0.05, 0.1) is 25.2 Å². The van der Waals surface area contributed by atoms with Crippen molar-refractivity contribution < 1.29 is 33.3 Å². The van der Waals surface area contributed by atoms with Gasteiger partial charge < -0.3 is 18.9 Å². The highest BCUT2D eigenvalue weighted by molar-refractivity contribution is 5.92. The van der Waals surface area contributed by atoms with Crippen molar-refractivity contribution in [1.82, 2.24) is 0 Å². The summed E-state index contributed by atoms with van der Waals surface area (Å²) >= 11 is 0. The molecule has 1 aromatic rings. The van der Waals surface area contributed by atoms with Gasteiger partial charge >= 0.3 is 11.9 Å². The molecule has 1 saturated carbocycles. The molecule has 0 N–H and O–H groups in total. The largest absolute Gasteiger partial charge is 0.462 e. The van der Waals surface area contributed by atoms with E-state index in [-0.39, 0.29) is 41.5 Å². The molecule has 2 aliphatic heterocycles. The fraction of sp³-hybridized carbons (Fsp3) is 0.522. The van der Waals surface area contributed by atoms with Gasteiger partial charge in [-0.15, -0.1) is 0 Å². The first-order valence-corrected chi connectivity index (χ1v) is 10.2. The minimum absolute atomic E-state index is 0.123. The van der Waals surface area contributed by atoms with Gasteiger partial charge in [0.1, 0.15) is 12.2 Å². The van der Waals surface area contributed by atoms with Crippen LogP contribution in [0.3, 0.4) is 0 Å². The Morgan fingerprint density at radius 2 is 1.83 bits per heavy atom. The number of hydrogen-bond acceptors (Lipinski definition) is 7. The van der Waals surface area contributed by atoms with Crippen molar-refractivity contribution in [3.8, 4) is 0 Å². The van der Waals surface area contributed by atoms with Crippen LogP contribution >= 0.6 is 0 Å². The van der Waals surface area contributed by atoms with Crippen molar-refractivity contribution in [2.24, 2.45) is 17.3 Å². The van der Waals surface area contributed by atoms with Crippen LogP contribution in [0.25, 0.3) is 0 Å². The molecule has 7 nitrogen and oxygen atoms in total. The molecule has 0 aromatic heterocycles. The molecule has 4 atom stereocenters. The second-order valence-corrected chi connectivity index (χ2v) is 8.90. The van der Waals surface area contributed by atoms with Gasteiger partial charge in [-0.1, -0.05) is 38.1 Å². The number of ketones is 1. The molecular formula is C23H26O7. The van der Waals surface area contributed by atoms with E-state index in [0.717, 1.165) is 0 Å². The molecule has 1 aromatic carbocycles. The SMILES string of the molecule is CC1(C)COC(C(=O)/C=C/[C@@H]2[C@H]3CC(=O)O[C@H]3C[C@H]2OC(=O)c2ccccc2)OC1. The lowest BCUT2D eigenvalue weighted by molar-refractivity contribution is -0.214. The molecule has 0 spiro atoms. The molecule has 30 heavy (non-hydrogen) atoms. The van der Waals surface area contributed by atoms with Crippen LogP contribution < -0.4 is 0 Å². The fourth-order valence-electron chi connectivity index (χ4n) is 4.21. The summed E-state index contributed by atoms with van der Waals surface area (Å²) in [5.74, 6) is -1.41. The summed E-state index contributed by atoms with van der Waals surface area (Å²) in [4.78, 5) is 36.8. The van der Waals surface area contributed by atoms with E-state index in [1.807, 2.05) is 19.9 Å². The van der Waals surface area contributed by atoms with E-state index in [9.17, 15) is 14.4 Å². The van der Waals surface area contributed by atoms with E-state index >= 15 is 0 Å². The Labute approximate surface area is 175 Å². The molecule has 0 unspecified atom stereocenters. The summed E-state index contributed by atoms with van der Waals surface area (Å²) in [7, 11) is 0. The molecule has 3 aliphatic rings. The number of hydrogen-bond donors (Lipinski definition) is 0. The Morgan fingerprint density at radius 1 is 1.13 bits per heavy atom. The highest BCUT2D eigenvalue weighted by Gasteiger charge is 2.50. The maximum Gasteiger partial charge on any atom is 0.338 e. The molecule has 0 bridgehead atoms. The van der Waals surface area contributed by atoms with Crippen LogP contribution in [0.2, 0.25) is 0 Å². The quantitative estimate of drug-likeness (QED) is 0.541. The summed E-state index contributed by atoms with van der Waals surface area (Å²) in [5.41, 5.74) is 0.328. The van der Waals surface area contributed by atoms with Crippen LogP contribution in [0.4, 0.5) is 0 Å². The van der Waals surface area contributed by atoms with Crippen molar-refractivity contribution >= 4 is 17.7 Å². The maximum atomic E-state index is 12.5. The number of carbonyl (C=O) groups excluding carboxylic acids is 3. The molecule has 1 aliphatic carbocycles. The first kappa shape index (κ1) is 20.8. The summed E-state index contributed by atoms with van der Waals surface area (Å²) in [5, 5.41) is 0. The normalized spacial score (nSPS) is 30.8. The van der Waals surface area contributed by atoms with E-state index < -0.39 is 18.4 Å². The van der Waals surface area contributed by atoms with E-state index in [4.69, 9.17) is 18.9 Å². The van der Waals surface area contributed by atoms with Crippen molar-refractivity contribution in [3.05, 3.63) is 48.0 Å². The Morgan fingerprint density at radius 3 is 2.53 bits per heavy atom. The zero-order valence-electron chi connectivity index (χ0n) is 17.1. The zero-order valence-corrected chi connectivity index (χ0v) is 17.1. The zero-order chi connectivity index (χ0) is 21.3. The summed E-state index contributed by atoms with van der Waals surface area (Å²) in [6.45, 7) is 4.88. The topological polar surface area (TPSA) is 88.1 Å². The number of benzene rings is 1. The molecule has 2 heterocycles. The average Bonchev–Trinajstić information content (AvgIpc) is 3.22. The van der Waals surface area contributed by atoms with Gasteiger partial charge in [0.25, 0.3) is 0 Å². The number of carbonyl (C=O) groups is 3. The van der Waals surface area contributed by atoms with Crippen LogP contribution in [-0.4, -0.2) is 49.4 Å². The van der Waals surface area contributed by atoms with Crippen LogP contribution in [0.15, 0.2) is 42.5 Å². The maximum absolute atomic E-state index is 12.5. The van der Waals surface area contributed by atoms with Crippen molar-refractivity contribution in [2.75, 3.05) is 13.2 Å². The lowest BCUT2D eigenvalue weighted by Crippen LogP contribution is -2.41. The van der Waals surface area contributed by atoms with Gasteiger partial charge in [0.2, 0.25) is 12.1 Å². The molecule has 4 rings (SSSR count). The fourth-order valence-corrected chi connectivity index (χ4v) is 4.21. The monoisotopic (exact) mass is 414 g/mol. The predicted molar refractivity (Wildman–Crippen MR) is 105 cm³/mol. The molecule has 160 valence electrons. The van der Waals surface area contributed by atoms with Gasteiger partial charge in [-0.05, 0) is 18.2 Å². The molecule has 7 heteroatoms. The first-order chi connectivity index (χ1) is 14.3. The van der Waals surface area contributed by atoms with Crippen molar-refractivity contribution in [1.29, 1.82) is 0 Å². The standard InChI is InChI=1S/C23H26O7/c1-23(2)12-27-22(28-13-23)17(24)9-8-15-16-10-20(25)29-19(16)11-18(15)30-21(26)14-6-4-3-5-7-14/h3-9,15-16,18-19,22H,10-13H2,1-2H3/b9-8+/t15-,16-,18-,19+/m1/s1. The summed E-state index contributed by atoms with van der Waals surface area (Å²) in [6, 6.07) is 8.73. The van der Waals surface area contributed by atoms with Crippen LogP contribution in [0, 0.1) is 17.3 Å². The molecule has 3 fully saturated rings. The third-order valence-electron chi connectivity index (χ3n) is 5.78. The highest BCUT2D eigenvalue weighted by Crippen LogP contribution is 2.43. The van der Waals surface area contributed by atoms with Crippen molar-refractivity contribution in [2.45, 2.75) is 45.2 Å². The second kappa shape index (κ2) is 8.32. The summed E-state index contributed by atoms with van der Waals surface area (Å²) < 4.78 is 22.2. The van der Waals surface area contributed by atoms with Gasteiger partial charge in [-0.2, -0.15) is 0 Å². The number of esters is 2. The Balaban J connectivity index is 1.45. The summed E-state index contributed by atoms with van der Waals surface area (Å²) in [6.07, 6.45) is 2.08. The molecule has 0 radical (unpaired) electrons. The smallest absolute Gasteiger partial charge is 0.338 e. The van der Waals surface area contributed by atoms with Gasteiger partial charge in [-0.25, -0.2) is 4.79 Å². The Kier molecular flexibility index (Phi) is 5.75. The van der Waals surface area contributed by atoms with Gasteiger partial charge in [0, 0.05) is 23.7 Å². The lowest BCUT2D eigenvalue weighted by Gasteiger charge is -2.33. The molecular weight excluding hydrogens is 388 g/mol. The minimum atomic E-state index is -0.932. The third kappa shape index (κ3) is 4.47. The van der Waals surface area contributed by atoms with Crippen LogP contribution in [-0.2, 0) is 28.5 Å². The van der Waals surface area contributed by atoms with E-state index in [2.05, 4.69) is 0 Å². The third-order valence-corrected chi connectivity index (χ3v) is 5.78. The van der Waals surface area contributed by atoms with E-state index in [1.54, 1.807) is 30.3 Å².